The first kappa shape index (κ1) is 16.7. The molecule has 0 aliphatic carbocycles. The number of hydrogen-bond acceptors (Lipinski definition) is 5. The Bertz CT molecular complexity index is 690. The fourth-order valence-electron chi connectivity index (χ4n) is 3.05. The third-order valence-corrected chi connectivity index (χ3v) is 4.61. The summed E-state index contributed by atoms with van der Waals surface area (Å²) in [5, 5.41) is 3.52. The molecular formula is C19H27N5. The lowest BCUT2D eigenvalue weighted by molar-refractivity contribution is 0.311. The van der Waals surface area contributed by atoms with E-state index >= 15 is 0 Å². The first-order valence-corrected chi connectivity index (χ1v) is 8.67. The van der Waals surface area contributed by atoms with E-state index in [1.807, 2.05) is 12.3 Å². The summed E-state index contributed by atoms with van der Waals surface area (Å²) in [5.41, 5.74) is 3.71. The first-order chi connectivity index (χ1) is 11.5. The number of hydrogen-bond donors (Lipinski definition) is 1. The van der Waals surface area contributed by atoms with Gasteiger partial charge in [-0.25, -0.2) is 4.98 Å². The van der Waals surface area contributed by atoms with Gasteiger partial charge in [0.15, 0.2) is 0 Å². The van der Waals surface area contributed by atoms with E-state index < -0.39 is 0 Å². The van der Waals surface area contributed by atoms with Crippen molar-refractivity contribution in [2.75, 3.05) is 43.4 Å². The largest absolute Gasteiger partial charge is 0.340 e. The molecular weight excluding hydrogens is 298 g/mol. The molecule has 0 unspecified atom stereocenters. The number of benzene rings is 1. The Hall–Kier alpha value is -2.14. The van der Waals surface area contributed by atoms with Crippen molar-refractivity contribution < 1.29 is 0 Å². The molecule has 1 aliphatic heterocycles. The van der Waals surface area contributed by atoms with Gasteiger partial charge in [-0.1, -0.05) is 32.0 Å². The Morgan fingerprint density at radius 1 is 1.08 bits per heavy atom. The van der Waals surface area contributed by atoms with E-state index in [9.17, 15) is 0 Å². The normalized spacial score (nSPS) is 15.8. The van der Waals surface area contributed by atoms with Crippen LogP contribution in [-0.4, -0.2) is 48.1 Å². The highest BCUT2D eigenvalue weighted by Gasteiger charge is 2.17. The second kappa shape index (κ2) is 7.18. The van der Waals surface area contributed by atoms with Crippen molar-refractivity contribution in [3.63, 3.8) is 0 Å². The molecule has 3 rings (SSSR count). The summed E-state index contributed by atoms with van der Waals surface area (Å²) in [6.07, 6.45) is 1.84. The molecule has 0 saturated carbocycles. The minimum Gasteiger partial charge on any atom is -0.340 e. The summed E-state index contributed by atoms with van der Waals surface area (Å²) in [5.74, 6) is 2.13. The predicted molar refractivity (Wildman–Crippen MR) is 100 cm³/mol. The van der Waals surface area contributed by atoms with Crippen molar-refractivity contribution in [3.05, 3.63) is 41.6 Å². The van der Waals surface area contributed by atoms with Crippen molar-refractivity contribution in [2.24, 2.45) is 0 Å². The summed E-state index contributed by atoms with van der Waals surface area (Å²) >= 11 is 0. The minimum atomic E-state index is 0.464. The molecule has 1 aromatic carbocycles. The molecule has 2 aromatic rings. The van der Waals surface area contributed by atoms with Gasteiger partial charge < -0.3 is 15.1 Å². The van der Waals surface area contributed by atoms with Crippen LogP contribution in [0, 0.1) is 6.92 Å². The fraction of sp³-hybridized carbons (Fsp3) is 0.474. The van der Waals surface area contributed by atoms with E-state index in [0.717, 1.165) is 43.6 Å². The quantitative estimate of drug-likeness (QED) is 0.933. The van der Waals surface area contributed by atoms with E-state index in [-0.39, 0.29) is 0 Å². The highest BCUT2D eigenvalue weighted by Crippen LogP contribution is 2.30. The lowest BCUT2D eigenvalue weighted by Gasteiger charge is -2.32. The van der Waals surface area contributed by atoms with Crippen LogP contribution in [0.5, 0.6) is 0 Å². The molecule has 2 heterocycles. The van der Waals surface area contributed by atoms with Gasteiger partial charge >= 0.3 is 0 Å². The van der Waals surface area contributed by atoms with Gasteiger partial charge in [-0.3, -0.25) is 0 Å². The molecule has 128 valence electrons. The summed E-state index contributed by atoms with van der Waals surface area (Å²) in [6.45, 7) is 10.6. The monoisotopic (exact) mass is 325 g/mol. The van der Waals surface area contributed by atoms with Gasteiger partial charge in [0.2, 0.25) is 5.95 Å². The maximum atomic E-state index is 4.74. The number of nitrogens with zero attached hydrogens (tertiary/aromatic N) is 4. The van der Waals surface area contributed by atoms with Crippen LogP contribution >= 0.6 is 0 Å². The van der Waals surface area contributed by atoms with Crippen LogP contribution in [0.1, 0.15) is 30.9 Å². The molecule has 0 atom stereocenters. The molecule has 1 aromatic heterocycles. The van der Waals surface area contributed by atoms with Crippen LogP contribution < -0.4 is 10.2 Å². The Morgan fingerprint density at radius 2 is 1.83 bits per heavy atom. The summed E-state index contributed by atoms with van der Waals surface area (Å²) in [6, 6.07) is 8.38. The van der Waals surface area contributed by atoms with Crippen molar-refractivity contribution in [3.8, 4) is 0 Å². The number of rotatable bonds is 4. The van der Waals surface area contributed by atoms with E-state index in [1.165, 1.54) is 11.1 Å². The van der Waals surface area contributed by atoms with Crippen LogP contribution in [0.25, 0.3) is 0 Å². The highest BCUT2D eigenvalue weighted by molar-refractivity contribution is 5.66. The number of piperazine rings is 1. The topological polar surface area (TPSA) is 44.3 Å². The Balaban J connectivity index is 1.83. The standard InChI is InChI=1S/C19H27N5/c1-14(2)16-7-5-6-15(3)18(16)21-17-8-9-20-19(22-17)24-12-10-23(4)11-13-24/h5-9,14H,10-13H2,1-4H3,(H,20,21,22). The van der Waals surface area contributed by atoms with Gasteiger partial charge in [-0.2, -0.15) is 4.98 Å². The third-order valence-electron chi connectivity index (χ3n) is 4.61. The van der Waals surface area contributed by atoms with Gasteiger partial charge in [-0.05, 0) is 37.1 Å². The summed E-state index contributed by atoms with van der Waals surface area (Å²) in [4.78, 5) is 13.8. The number of para-hydroxylation sites is 1. The number of likely N-dealkylation sites (N-methyl/N-ethyl adjacent to an activating group) is 1. The number of anilines is 3. The molecule has 1 aliphatic rings. The van der Waals surface area contributed by atoms with Crippen LogP contribution in [0.2, 0.25) is 0 Å². The summed E-state index contributed by atoms with van der Waals surface area (Å²) in [7, 11) is 2.15. The molecule has 1 saturated heterocycles. The fourth-order valence-corrected chi connectivity index (χ4v) is 3.05. The molecule has 5 nitrogen and oxygen atoms in total. The maximum absolute atomic E-state index is 4.74. The molecule has 1 N–H and O–H groups in total. The van der Waals surface area contributed by atoms with Gasteiger partial charge in [0.05, 0.1) is 0 Å². The zero-order valence-electron chi connectivity index (χ0n) is 15.1. The molecule has 1 fully saturated rings. The van der Waals surface area contributed by atoms with Crippen molar-refractivity contribution >= 4 is 17.5 Å². The summed E-state index contributed by atoms with van der Waals surface area (Å²) < 4.78 is 0. The van der Waals surface area contributed by atoms with Crippen LogP contribution in [0.4, 0.5) is 17.5 Å². The molecule has 0 radical (unpaired) electrons. The van der Waals surface area contributed by atoms with Crippen molar-refractivity contribution in [1.82, 2.24) is 14.9 Å². The molecule has 24 heavy (non-hydrogen) atoms. The number of nitrogens with one attached hydrogen (secondary N) is 1. The highest BCUT2D eigenvalue weighted by atomic mass is 15.3. The van der Waals surface area contributed by atoms with Gasteiger partial charge in [-0.15, -0.1) is 0 Å². The molecule has 0 amide bonds. The molecule has 0 bridgehead atoms. The van der Waals surface area contributed by atoms with E-state index in [1.54, 1.807) is 0 Å². The Morgan fingerprint density at radius 3 is 2.54 bits per heavy atom. The van der Waals surface area contributed by atoms with Crippen LogP contribution in [0.3, 0.4) is 0 Å². The first-order valence-electron chi connectivity index (χ1n) is 8.67. The average Bonchev–Trinajstić information content (AvgIpc) is 2.57. The average molecular weight is 325 g/mol. The maximum Gasteiger partial charge on any atom is 0.227 e. The number of aryl methyl sites for hydroxylation is 1. The van der Waals surface area contributed by atoms with Crippen molar-refractivity contribution in [2.45, 2.75) is 26.7 Å². The van der Waals surface area contributed by atoms with Gasteiger partial charge in [0.1, 0.15) is 5.82 Å². The molecule has 0 spiro atoms. The minimum absolute atomic E-state index is 0.464. The van der Waals surface area contributed by atoms with E-state index in [0.29, 0.717) is 5.92 Å². The lowest BCUT2D eigenvalue weighted by Crippen LogP contribution is -2.45. The second-order valence-electron chi connectivity index (χ2n) is 6.85. The van der Waals surface area contributed by atoms with Crippen LogP contribution in [-0.2, 0) is 0 Å². The third kappa shape index (κ3) is 3.67. The van der Waals surface area contributed by atoms with E-state index in [2.05, 4.69) is 66.1 Å². The molecule has 5 heteroatoms. The Labute approximate surface area is 144 Å². The SMILES string of the molecule is Cc1cccc(C(C)C)c1Nc1ccnc(N2CCN(C)CC2)n1. The Kier molecular flexibility index (Phi) is 5.00. The van der Waals surface area contributed by atoms with Crippen molar-refractivity contribution in [1.29, 1.82) is 0 Å². The van der Waals surface area contributed by atoms with E-state index in [4.69, 9.17) is 4.98 Å². The van der Waals surface area contributed by atoms with Gasteiger partial charge in [0.25, 0.3) is 0 Å². The van der Waals surface area contributed by atoms with Crippen LogP contribution in [0.15, 0.2) is 30.5 Å². The smallest absolute Gasteiger partial charge is 0.227 e. The zero-order valence-corrected chi connectivity index (χ0v) is 15.1. The lowest BCUT2D eigenvalue weighted by atomic mass is 9.98. The zero-order chi connectivity index (χ0) is 17.1. The second-order valence-corrected chi connectivity index (χ2v) is 6.85. The number of aromatic nitrogens is 2. The predicted octanol–water partition coefficient (Wildman–Crippen LogP) is 3.40. The van der Waals surface area contributed by atoms with Gasteiger partial charge in [0, 0.05) is 38.1 Å².